The monoisotopic (exact) mass is 268 g/mol. The highest BCUT2D eigenvalue weighted by molar-refractivity contribution is 5.87. The van der Waals surface area contributed by atoms with E-state index in [1.807, 2.05) is 13.8 Å². The van der Waals surface area contributed by atoms with Crippen LogP contribution in [0.5, 0.6) is 0 Å². The lowest BCUT2D eigenvalue weighted by Crippen LogP contribution is -2.36. The van der Waals surface area contributed by atoms with Crippen molar-refractivity contribution < 1.29 is 19.1 Å². The minimum atomic E-state index is -1.02. The average Bonchev–Trinajstić information content (AvgIpc) is 2.74. The van der Waals surface area contributed by atoms with Gasteiger partial charge in [0.05, 0.1) is 18.7 Å². The Kier molecular flexibility index (Phi) is 5.57. The van der Waals surface area contributed by atoms with E-state index in [0.29, 0.717) is 24.8 Å². The van der Waals surface area contributed by atoms with Crippen LogP contribution in [0.4, 0.5) is 0 Å². The predicted octanol–water partition coefficient (Wildman–Crippen LogP) is 1.18. The zero-order chi connectivity index (χ0) is 14.4. The molecule has 2 N–H and O–H groups in total. The molecule has 6 heteroatoms. The highest BCUT2D eigenvalue weighted by Crippen LogP contribution is 2.09. The fourth-order valence-corrected chi connectivity index (χ4v) is 1.52. The molecule has 0 saturated carbocycles. The Balaban J connectivity index is 2.39. The molecule has 1 aromatic rings. The Morgan fingerprint density at radius 1 is 1.47 bits per heavy atom. The van der Waals surface area contributed by atoms with Gasteiger partial charge in [-0.1, -0.05) is 13.8 Å². The largest absolute Gasteiger partial charge is 0.478 e. The normalized spacial score (nSPS) is 11.0. The van der Waals surface area contributed by atoms with Crippen LogP contribution >= 0.6 is 0 Å². The summed E-state index contributed by atoms with van der Waals surface area (Å²) in [6.45, 7) is 5.34. The van der Waals surface area contributed by atoms with Gasteiger partial charge < -0.3 is 14.8 Å². The molecule has 1 amide bonds. The molecule has 0 radical (unpaired) electrons. The molecule has 0 aliphatic rings. The van der Waals surface area contributed by atoms with Gasteiger partial charge >= 0.3 is 5.97 Å². The van der Waals surface area contributed by atoms with Gasteiger partial charge in [0.2, 0.25) is 5.91 Å². The van der Waals surface area contributed by atoms with E-state index < -0.39 is 5.97 Å². The fraction of sp³-hybridized carbons (Fsp3) is 0.538. The quantitative estimate of drug-likeness (QED) is 0.776. The van der Waals surface area contributed by atoms with E-state index in [1.54, 1.807) is 11.9 Å². The average molecular weight is 268 g/mol. The van der Waals surface area contributed by atoms with E-state index in [1.165, 1.54) is 12.3 Å². The maximum absolute atomic E-state index is 11.6. The summed E-state index contributed by atoms with van der Waals surface area (Å²) in [7, 11) is 1.78. The van der Waals surface area contributed by atoms with E-state index in [9.17, 15) is 9.59 Å². The summed E-state index contributed by atoms with van der Waals surface area (Å²) >= 11 is 0. The molecule has 0 spiro atoms. The molecule has 0 aliphatic heterocycles. The molecule has 0 aliphatic carbocycles. The number of aromatic carboxylic acids is 1. The van der Waals surface area contributed by atoms with Crippen LogP contribution in [-0.2, 0) is 11.3 Å². The van der Waals surface area contributed by atoms with Gasteiger partial charge in [0.25, 0.3) is 0 Å². The second-order valence-corrected chi connectivity index (χ2v) is 4.98. The third-order valence-electron chi connectivity index (χ3n) is 2.45. The van der Waals surface area contributed by atoms with Crippen LogP contribution in [0.15, 0.2) is 16.7 Å². The van der Waals surface area contributed by atoms with Crippen LogP contribution in [0, 0.1) is 5.92 Å². The highest BCUT2D eigenvalue weighted by atomic mass is 16.4. The summed E-state index contributed by atoms with van der Waals surface area (Å²) in [4.78, 5) is 24.0. The molecule has 0 fully saturated rings. The summed E-state index contributed by atoms with van der Waals surface area (Å²) in [5.74, 6) is -0.137. The number of nitrogens with one attached hydrogen (secondary N) is 1. The molecule has 0 unspecified atom stereocenters. The Morgan fingerprint density at radius 2 is 2.16 bits per heavy atom. The molecule has 1 heterocycles. The van der Waals surface area contributed by atoms with Gasteiger partial charge in [-0.25, -0.2) is 4.79 Å². The first-order valence-electron chi connectivity index (χ1n) is 6.14. The van der Waals surface area contributed by atoms with Gasteiger partial charge in [-0.3, -0.25) is 9.69 Å². The Bertz CT molecular complexity index is 440. The van der Waals surface area contributed by atoms with Gasteiger partial charge in [0.15, 0.2) is 0 Å². The predicted molar refractivity (Wildman–Crippen MR) is 69.8 cm³/mol. The first-order valence-corrected chi connectivity index (χ1v) is 6.14. The van der Waals surface area contributed by atoms with E-state index in [0.717, 1.165) is 0 Å². The van der Waals surface area contributed by atoms with Crippen molar-refractivity contribution in [1.82, 2.24) is 10.2 Å². The van der Waals surface area contributed by atoms with Crippen molar-refractivity contribution in [3.63, 3.8) is 0 Å². The number of likely N-dealkylation sites (N-methyl/N-ethyl adjacent to an activating group) is 1. The van der Waals surface area contributed by atoms with Crippen molar-refractivity contribution in [3.8, 4) is 0 Å². The lowest BCUT2D eigenvalue weighted by atomic mass is 10.2. The summed E-state index contributed by atoms with van der Waals surface area (Å²) in [6, 6.07) is 1.46. The summed E-state index contributed by atoms with van der Waals surface area (Å²) in [5.41, 5.74) is 0.118. The number of furan rings is 1. The van der Waals surface area contributed by atoms with E-state index in [2.05, 4.69) is 5.32 Å². The molecule has 0 atom stereocenters. The topological polar surface area (TPSA) is 82.8 Å². The van der Waals surface area contributed by atoms with E-state index >= 15 is 0 Å². The number of carbonyl (C=O) groups excluding carboxylic acids is 1. The molecular formula is C13H20N2O4. The molecule has 0 bridgehead atoms. The lowest BCUT2D eigenvalue weighted by Gasteiger charge is -2.15. The molecule has 106 valence electrons. The molecule has 0 aromatic carbocycles. The Labute approximate surface area is 112 Å². The van der Waals surface area contributed by atoms with Gasteiger partial charge in [0, 0.05) is 6.54 Å². The highest BCUT2D eigenvalue weighted by Gasteiger charge is 2.12. The summed E-state index contributed by atoms with van der Waals surface area (Å²) < 4.78 is 5.12. The van der Waals surface area contributed by atoms with Gasteiger partial charge in [-0.2, -0.15) is 0 Å². The standard InChI is InChI=1S/C13H20N2O4/c1-9(2)5-14-12(16)7-15(3)6-11-4-10(8-19-11)13(17)18/h4,8-9H,5-7H2,1-3H3,(H,14,16)(H,17,18). The van der Waals surface area contributed by atoms with Crippen LogP contribution in [0.1, 0.15) is 30.0 Å². The van der Waals surface area contributed by atoms with Crippen molar-refractivity contribution in [1.29, 1.82) is 0 Å². The number of hydrogen-bond acceptors (Lipinski definition) is 4. The fourth-order valence-electron chi connectivity index (χ4n) is 1.52. The maximum Gasteiger partial charge on any atom is 0.338 e. The number of nitrogens with zero attached hydrogens (tertiary/aromatic N) is 1. The first-order chi connectivity index (χ1) is 8.88. The zero-order valence-corrected chi connectivity index (χ0v) is 11.5. The maximum atomic E-state index is 11.6. The molecular weight excluding hydrogens is 248 g/mol. The molecule has 0 saturated heterocycles. The minimum absolute atomic E-state index is 0.0544. The molecule has 19 heavy (non-hydrogen) atoms. The van der Waals surface area contributed by atoms with Crippen molar-refractivity contribution in [3.05, 3.63) is 23.7 Å². The summed E-state index contributed by atoms with van der Waals surface area (Å²) in [5, 5.41) is 11.6. The Morgan fingerprint density at radius 3 is 2.68 bits per heavy atom. The number of hydrogen-bond donors (Lipinski definition) is 2. The SMILES string of the molecule is CC(C)CNC(=O)CN(C)Cc1cc(C(=O)O)co1. The van der Waals surface area contributed by atoms with E-state index in [-0.39, 0.29) is 18.0 Å². The van der Waals surface area contributed by atoms with Crippen molar-refractivity contribution in [2.75, 3.05) is 20.1 Å². The number of amides is 1. The van der Waals surface area contributed by atoms with Gasteiger partial charge in [-0.15, -0.1) is 0 Å². The van der Waals surface area contributed by atoms with Crippen LogP contribution < -0.4 is 5.32 Å². The smallest absolute Gasteiger partial charge is 0.338 e. The third-order valence-corrected chi connectivity index (χ3v) is 2.45. The van der Waals surface area contributed by atoms with Gasteiger partial charge in [0.1, 0.15) is 12.0 Å². The second-order valence-electron chi connectivity index (χ2n) is 4.98. The number of rotatable bonds is 7. The van der Waals surface area contributed by atoms with Crippen LogP contribution in [0.2, 0.25) is 0 Å². The van der Waals surface area contributed by atoms with Crippen molar-refractivity contribution >= 4 is 11.9 Å². The molecule has 6 nitrogen and oxygen atoms in total. The molecule has 1 rings (SSSR count). The van der Waals surface area contributed by atoms with E-state index in [4.69, 9.17) is 9.52 Å². The second kappa shape index (κ2) is 6.94. The first kappa shape index (κ1) is 15.2. The van der Waals surface area contributed by atoms with Gasteiger partial charge in [-0.05, 0) is 19.0 Å². The summed E-state index contributed by atoms with van der Waals surface area (Å²) in [6.07, 6.45) is 1.20. The minimum Gasteiger partial charge on any atom is -0.478 e. The van der Waals surface area contributed by atoms with Crippen LogP contribution in [-0.4, -0.2) is 42.0 Å². The third kappa shape index (κ3) is 5.56. The number of carboxylic acid groups (broad SMARTS) is 1. The zero-order valence-electron chi connectivity index (χ0n) is 11.5. The number of carbonyl (C=O) groups is 2. The number of carboxylic acids is 1. The van der Waals surface area contributed by atoms with Crippen LogP contribution in [0.3, 0.4) is 0 Å². The van der Waals surface area contributed by atoms with Crippen LogP contribution in [0.25, 0.3) is 0 Å². The van der Waals surface area contributed by atoms with Crippen molar-refractivity contribution in [2.45, 2.75) is 20.4 Å². The Hall–Kier alpha value is -1.82. The van der Waals surface area contributed by atoms with Crippen molar-refractivity contribution in [2.24, 2.45) is 5.92 Å². The lowest BCUT2D eigenvalue weighted by molar-refractivity contribution is -0.122. The molecule has 1 aromatic heterocycles.